The fourth-order valence-electron chi connectivity index (χ4n) is 3.91. The van der Waals surface area contributed by atoms with E-state index < -0.39 is 5.91 Å². The maximum Gasteiger partial charge on any atom is 0.271 e. The highest BCUT2D eigenvalue weighted by molar-refractivity contribution is 6.03. The average Bonchev–Trinajstić information content (AvgIpc) is 3.33. The van der Waals surface area contributed by atoms with E-state index in [9.17, 15) is 9.59 Å². The molecule has 0 spiro atoms. The highest BCUT2D eigenvalue weighted by Crippen LogP contribution is 2.26. The minimum Gasteiger partial charge on any atom is -0.355 e. The van der Waals surface area contributed by atoms with Gasteiger partial charge >= 0.3 is 0 Å². The van der Waals surface area contributed by atoms with Gasteiger partial charge in [0.25, 0.3) is 11.8 Å². The molecule has 0 bridgehead atoms. The van der Waals surface area contributed by atoms with Gasteiger partial charge in [-0.25, -0.2) is 0 Å². The summed E-state index contributed by atoms with van der Waals surface area (Å²) < 4.78 is 0. The first kappa shape index (κ1) is 23.5. The number of aryl methyl sites for hydroxylation is 1. The number of nitrogens with zero attached hydrogens (tertiary/aromatic N) is 2. The molecule has 0 radical (unpaired) electrons. The minimum absolute atomic E-state index is 0.380. The zero-order valence-corrected chi connectivity index (χ0v) is 20.0. The van der Waals surface area contributed by atoms with Gasteiger partial charge in [-0.1, -0.05) is 36.4 Å². The molecule has 0 unspecified atom stereocenters. The third-order valence-corrected chi connectivity index (χ3v) is 5.82. The van der Waals surface area contributed by atoms with Gasteiger partial charge < -0.3 is 5.32 Å². The molecule has 8 heteroatoms. The molecule has 182 valence electrons. The lowest BCUT2D eigenvalue weighted by Crippen LogP contribution is -2.42. The molecule has 4 N–H and O–H groups in total. The number of hydrogen-bond donors (Lipinski definition) is 4. The number of rotatable bonds is 6. The Morgan fingerprint density at radius 3 is 2.32 bits per heavy atom. The lowest BCUT2D eigenvalue weighted by Gasteiger charge is -2.13. The van der Waals surface area contributed by atoms with Crippen molar-refractivity contribution < 1.29 is 9.59 Å². The van der Waals surface area contributed by atoms with Crippen molar-refractivity contribution in [3.63, 3.8) is 0 Å². The number of anilines is 2. The number of fused-ring (bicyclic) bond motifs is 1. The SMILES string of the molecule is Cc1ccccc1C(=O)NNC(=O)c1ccccc1Nc1ccc2c(/C=C/c3ccccn3)n[nH]c2c1. The quantitative estimate of drug-likeness (QED) is 0.244. The van der Waals surface area contributed by atoms with Crippen LogP contribution in [0.25, 0.3) is 23.1 Å². The summed E-state index contributed by atoms with van der Waals surface area (Å²) >= 11 is 0. The number of H-pyrrole nitrogens is 1. The Labute approximate surface area is 213 Å². The Balaban J connectivity index is 1.30. The molecule has 0 atom stereocenters. The fourth-order valence-corrected chi connectivity index (χ4v) is 3.91. The molecule has 2 aromatic heterocycles. The first-order valence-electron chi connectivity index (χ1n) is 11.7. The van der Waals surface area contributed by atoms with Crippen LogP contribution in [0.4, 0.5) is 11.4 Å². The van der Waals surface area contributed by atoms with Crippen molar-refractivity contribution in [3.8, 4) is 0 Å². The van der Waals surface area contributed by atoms with E-state index in [1.807, 2.05) is 73.7 Å². The average molecular weight is 489 g/mol. The number of hydrazine groups is 1. The predicted octanol–water partition coefficient (Wildman–Crippen LogP) is 5.26. The topological polar surface area (TPSA) is 112 Å². The van der Waals surface area contributed by atoms with Gasteiger partial charge in [0.15, 0.2) is 0 Å². The molecule has 3 aromatic carbocycles. The Bertz CT molecular complexity index is 1610. The van der Waals surface area contributed by atoms with Crippen LogP contribution in [-0.2, 0) is 0 Å². The van der Waals surface area contributed by atoms with E-state index in [-0.39, 0.29) is 5.91 Å². The van der Waals surface area contributed by atoms with Crippen LogP contribution < -0.4 is 16.2 Å². The van der Waals surface area contributed by atoms with E-state index in [2.05, 4.69) is 31.3 Å². The molecule has 0 fully saturated rings. The Morgan fingerprint density at radius 2 is 1.54 bits per heavy atom. The number of para-hydroxylation sites is 1. The van der Waals surface area contributed by atoms with Gasteiger partial charge in [-0.2, -0.15) is 5.10 Å². The van der Waals surface area contributed by atoms with Crippen LogP contribution in [-0.4, -0.2) is 27.0 Å². The Kier molecular flexibility index (Phi) is 6.72. The standard InChI is InChI=1S/C29H24N6O2/c1-19-8-2-3-10-22(19)28(36)34-35-29(37)24-11-4-5-12-25(24)31-21-13-15-23-26(32-33-27(23)18-21)16-14-20-9-6-7-17-30-20/h2-18,31H,1H3,(H,32,33)(H,34,36)(H,35,37)/b16-14+. The van der Waals surface area contributed by atoms with Crippen molar-refractivity contribution in [3.05, 3.63) is 119 Å². The van der Waals surface area contributed by atoms with Gasteiger partial charge in [0, 0.05) is 22.8 Å². The number of carbonyl (C=O) groups is 2. The molecule has 2 amide bonds. The van der Waals surface area contributed by atoms with Crippen molar-refractivity contribution in [2.24, 2.45) is 0 Å². The van der Waals surface area contributed by atoms with Crippen molar-refractivity contribution >= 4 is 46.2 Å². The summed E-state index contributed by atoms with van der Waals surface area (Å²) in [7, 11) is 0. The van der Waals surface area contributed by atoms with Gasteiger partial charge in [-0.15, -0.1) is 0 Å². The summed E-state index contributed by atoms with van der Waals surface area (Å²) in [5.41, 5.74) is 10.6. The highest BCUT2D eigenvalue weighted by atomic mass is 16.2. The summed E-state index contributed by atoms with van der Waals surface area (Å²) in [6.07, 6.45) is 5.57. The van der Waals surface area contributed by atoms with Gasteiger partial charge in [-0.05, 0) is 73.2 Å². The maximum atomic E-state index is 12.9. The summed E-state index contributed by atoms with van der Waals surface area (Å²) in [6.45, 7) is 1.84. The number of hydrogen-bond acceptors (Lipinski definition) is 5. The van der Waals surface area contributed by atoms with E-state index in [0.29, 0.717) is 16.8 Å². The zero-order chi connectivity index (χ0) is 25.6. The van der Waals surface area contributed by atoms with Crippen LogP contribution in [0.3, 0.4) is 0 Å². The van der Waals surface area contributed by atoms with Crippen molar-refractivity contribution in [2.75, 3.05) is 5.32 Å². The van der Waals surface area contributed by atoms with Gasteiger partial charge in [0.2, 0.25) is 0 Å². The fraction of sp³-hybridized carbons (Fsp3) is 0.0345. The summed E-state index contributed by atoms with van der Waals surface area (Å²) in [5.74, 6) is -0.816. The van der Waals surface area contributed by atoms with Gasteiger partial charge in [-0.3, -0.25) is 30.5 Å². The number of benzene rings is 3. The third kappa shape index (κ3) is 5.38. The minimum atomic E-state index is -0.436. The number of aromatic amines is 1. The maximum absolute atomic E-state index is 12.9. The first-order chi connectivity index (χ1) is 18.1. The normalized spacial score (nSPS) is 10.9. The van der Waals surface area contributed by atoms with Crippen LogP contribution in [0.1, 0.15) is 37.7 Å². The largest absolute Gasteiger partial charge is 0.355 e. The molecule has 0 aliphatic rings. The third-order valence-electron chi connectivity index (χ3n) is 5.82. The summed E-state index contributed by atoms with van der Waals surface area (Å²) in [4.78, 5) is 29.7. The molecule has 8 nitrogen and oxygen atoms in total. The number of amides is 2. The van der Waals surface area contributed by atoms with Crippen LogP contribution in [0.5, 0.6) is 0 Å². The van der Waals surface area contributed by atoms with Crippen LogP contribution in [0, 0.1) is 6.92 Å². The Hall–Kier alpha value is -5.24. The lowest BCUT2D eigenvalue weighted by molar-refractivity contribution is 0.0846. The van der Waals surface area contributed by atoms with Crippen LogP contribution in [0.2, 0.25) is 0 Å². The lowest BCUT2D eigenvalue weighted by atomic mass is 10.1. The molecule has 0 aliphatic carbocycles. The van der Waals surface area contributed by atoms with Crippen LogP contribution in [0.15, 0.2) is 91.1 Å². The van der Waals surface area contributed by atoms with Crippen LogP contribution >= 0.6 is 0 Å². The van der Waals surface area contributed by atoms with E-state index in [0.717, 1.165) is 33.5 Å². The molecular weight excluding hydrogens is 464 g/mol. The van der Waals surface area contributed by atoms with Crippen molar-refractivity contribution in [1.29, 1.82) is 0 Å². The Morgan fingerprint density at radius 1 is 0.811 bits per heavy atom. The highest BCUT2D eigenvalue weighted by Gasteiger charge is 2.14. The number of pyridine rings is 1. The second-order valence-corrected chi connectivity index (χ2v) is 8.35. The van der Waals surface area contributed by atoms with Crippen molar-refractivity contribution in [1.82, 2.24) is 26.0 Å². The van der Waals surface area contributed by atoms with Gasteiger partial charge in [0.1, 0.15) is 0 Å². The molecule has 5 rings (SSSR count). The number of aromatic nitrogens is 3. The first-order valence-corrected chi connectivity index (χ1v) is 11.7. The predicted molar refractivity (Wildman–Crippen MR) is 145 cm³/mol. The number of nitrogens with one attached hydrogen (secondary N) is 4. The van der Waals surface area contributed by atoms with E-state index >= 15 is 0 Å². The molecule has 2 heterocycles. The monoisotopic (exact) mass is 488 g/mol. The molecule has 0 saturated heterocycles. The molecular formula is C29H24N6O2. The molecule has 5 aromatic rings. The van der Waals surface area contributed by atoms with Crippen molar-refractivity contribution in [2.45, 2.75) is 6.92 Å². The number of carbonyl (C=O) groups excluding carboxylic acids is 2. The zero-order valence-electron chi connectivity index (χ0n) is 20.0. The van der Waals surface area contributed by atoms with E-state index in [4.69, 9.17) is 0 Å². The smallest absolute Gasteiger partial charge is 0.271 e. The molecule has 37 heavy (non-hydrogen) atoms. The van der Waals surface area contributed by atoms with Gasteiger partial charge in [0.05, 0.1) is 28.2 Å². The molecule has 0 saturated carbocycles. The summed E-state index contributed by atoms with van der Waals surface area (Å²) in [5, 5.41) is 11.7. The van der Waals surface area contributed by atoms with E-state index in [1.54, 1.807) is 36.5 Å². The summed E-state index contributed by atoms with van der Waals surface area (Å²) in [6, 6.07) is 25.8. The molecule has 0 aliphatic heterocycles. The van der Waals surface area contributed by atoms with E-state index in [1.165, 1.54) is 0 Å². The second kappa shape index (κ2) is 10.6. The second-order valence-electron chi connectivity index (χ2n) is 8.35.